The standard InChI is InChI=1S/C15H26O5/c1-6-7-8-9-10-12(4)14(16)19-13(5)20-15(17)18-11(2)3/h10-11,13H,6-9H2,1-5H3. The zero-order valence-corrected chi connectivity index (χ0v) is 13.1. The fourth-order valence-electron chi connectivity index (χ4n) is 1.42. The number of allylic oxidation sites excluding steroid dienone is 1. The maximum absolute atomic E-state index is 11.7. The van der Waals surface area contributed by atoms with Crippen molar-refractivity contribution < 1.29 is 23.8 Å². The highest BCUT2D eigenvalue weighted by Crippen LogP contribution is 2.07. The first-order valence-corrected chi connectivity index (χ1v) is 7.11. The Bertz CT molecular complexity index is 333. The molecule has 0 bridgehead atoms. The largest absolute Gasteiger partial charge is 0.511 e. The van der Waals surface area contributed by atoms with Crippen LogP contribution in [0.2, 0.25) is 0 Å². The zero-order chi connectivity index (χ0) is 15.5. The van der Waals surface area contributed by atoms with E-state index in [-0.39, 0.29) is 6.10 Å². The summed E-state index contributed by atoms with van der Waals surface area (Å²) in [6, 6.07) is 0. The average molecular weight is 286 g/mol. The molecule has 0 saturated carbocycles. The van der Waals surface area contributed by atoms with E-state index >= 15 is 0 Å². The van der Waals surface area contributed by atoms with Crippen molar-refractivity contribution in [2.24, 2.45) is 0 Å². The van der Waals surface area contributed by atoms with Gasteiger partial charge in [-0.25, -0.2) is 9.59 Å². The summed E-state index contributed by atoms with van der Waals surface area (Å²) in [4.78, 5) is 22.9. The highest BCUT2D eigenvalue weighted by molar-refractivity contribution is 5.87. The molecule has 20 heavy (non-hydrogen) atoms. The molecule has 0 fully saturated rings. The maximum Gasteiger partial charge on any atom is 0.511 e. The molecule has 1 unspecified atom stereocenters. The predicted molar refractivity (Wildman–Crippen MR) is 76.2 cm³/mol. The second-order valence-corrected chi connectivity index (χ2v) is 4.89. The van der Waals surface area contributed by atoms with Gasteiger partial charge >= 0.3 is 12.1 Å². The van der Waals surface area contributed by atoms with Crippen molar-refractivity contribution in [1.29, 1.82) is 0 Å². The lowest BCUT2D eigenvalue weighted by Gasteiger charge is -2.15. The van der Waals surface area contributed by atoms with E-state index in [0.29, 0.717) is 5.57 Å². The van der Waals surface area contributed by atoms with Gasteiger partial charge in [-0.15, -0.1) is 0 Å². The van der Waals surface area contributed by atoms with Crippen LogP contribution in [0.15, 0.2) is 11.6 Å². The first-order chi connectivity index (χ1) is 9.36. The Morgan fingerprint density at radius 3 is 2.25 bits per heavy atom. The molecule has 0 radical (unpaired) electrons. The zero-order valence-electron chi connectivity index (χ0n) is 13.1. The number of rotatable bonds is 8. The van der Waals surface area contributed by atoms with E-state index < -0.39 is 18.4 Å². The van der Waals surface area contributed by atoms with Gasteiger partial charge in [-0.2, -0.15) is 0 Å². The first-order valence-electron chi connectivity index (χ1n) is 7.11. The fraction of sp³-hybridized carbons (Fsp3) is 0.733. The lowest BCUT2D eigenvalue weighted by atomic mass is 10.1. The highest BCUT2D eigenvalue weighted by atomic mass is 16.8. The van der Waals surface area contributed by atoms with Crippen molar-refractivity contribution >= 4 is 12.1 Å². The Labute approximate surface area is 121 Å². The minimum Gasteiger partial charge on any atom is -0.431 e. The monoisotopic (exact) mass is 286 g/mol. The van der Waals surface area contributed by atoms with E-state index in [1.165, 1.54) is 6.92 Å². The summed E-state index contributed by atoms with van der Waals surface area (Å²) in [5.41, 5.74) is 0.522. The van der Waals surface area contributed by atoms with Crippen molar-refractivity contribution in [2.75, 3.05) is 0 Å². The van der Waals surface area contributed by atoms with Gasteiger partial charge in [0.05, 0.1) is 6.10 Å². The number of unbranched alkanes of at least 4 members (excludes halogenated alkanes) is 3. The van der Waals surface area contributed by atoms with Crippen LogP contribution in [0.1, 0.15) is 60.3 Å². The van der Waals surface area contributed by atoms with Crippen molar-refractivity contribution in [3.63, 3.8) is 0 Å². The Morgan fingerprint density at radius 1 is 1.05 bits per heavy atom. The highest BCUT2D eigenvalue weighted by Gasteiger charge is 2.16. The van der Waals surface area contributed by atoms with Gasteiger partial charge in [0.25, 0.3) is 0 Å². The molecule has 116 valence electrons. The molecule has 0 amide bonds. The van der Waals surface area contributed by atoms with Crippen LogP contribution in [0.4, 0.5) is 4.79 Å². The average Bonchev–Trinajstić information content (AvgIpc) is 2.32. The normalized spacial score (nSPS) is 13.0. The molecule has 0 N–H and O–H groups in total. The van der Waals surface area contributed by atoms with Gasteiger partial charge in [0.2, 0.25) is 6.29 Å². The van der Waals surface area contributed by atoms with Crippen LogP contribution >= 0.6 is 0 Å². The number of carbonyl (C=O) groups excluding carboxylic acids is 2. The molecule has 0 aliphatic rings. The van der Waals surface area contributed by atoms with Crippen molar-refractivity contribution in [2.45, 2.75) is 72.7 Å². The van der Waals surface area contributed by atoms with Gasteiger partial charge in [-0.05, 0) is 33.6 Å². The molecule has 5 nitrogen and oxygen atoms in total. The topological polar surface area (TPSA) is 61.8 Å². The van der Waals surface area contributed by atoms with E-state index in [1.54, 1.807) is 20.8 Å². The molecular weight excluding hydrogens is 260 g/mol. The van der Waals surface area contributed by atoms with Crippen LogP contribution in [0.5, 0.6) is 0 Å². The Morgan fingerprint density at radius 2 is 1.70 bits per heavy atom. The second kappa shape index (κ2) is 10.3. The summed E-state index contributed by atoms with van der Waals surface area (Å²) in [7, 11) is 0. The van der Waals surface area contributed by atoms with E-state index in [4.69, 9.17) is 14.2 Å². The third-order valence-corrected chi connectivity index (χ3v) is 2.45. The number of hydrogen-bond donors (Lipinski definition) is 0. The Kier molecular flexibility index (Phi) is 9.51. The third kappa shape index (κ3) is 9.42. The smallest absolute Gasteiger partial charge is 0.431 e. The van der Waals surface area contributed by atoms with Crippen molar-refractivity contribution in [3.05, 3.63) is 11.6 Å². The summed E-state index contributed by atoms with van der Waals surface area (Å²) in [5.74, 6) is -0.480. The summed E-state index contributed by atoms with van der Waals surface area (Å²) in [6.07, 6.45) is 3.94. The Hall–Kier alpha value is -1.52. The molecule has 0 aromatic carbocycles. The van der Waals surface area contributed by atoms with Gasteiger partial charge < -0.3 is 14.2 Å². The van der Waals surface area contributed by atoms with Crippen LogP contribution in [-0.4, -0.2) is 24.5 Å². The first kappa shape index (κ1) is 18.5. The van der Waals surface area contributed by atoms with Gasteiger partial charge in [0.1, 0.15) is 0 Å². The molecular formula is C15H26O5. The van der Waals surface area contributed by atoms with E-state index in [9.17, 15) is 9.59 Å². The van der Waals surface area contributed by atoms with E-state index in [1.807, 2.05) is 6.08 Å². The summed E-state index contributed by atoms with van der Waals surface area (Å²) < 4.78 is 14.6. The van der Waals surface area contributed by atoms with Crippen LogP contribution in [0.3, 0.4) is 0 Å². The van der Waals surface area contributed by atoms with Gasteiger partial charge in [-0.1, -0.05) is 25.8 Å². The molecule has 0 saturated heterocycles. The quantitative estimate of drug-likeness (QED) is 0.292. The molecule has 0 aromatic rings. The van der Waals surface area contributed by atoms with Gasteiger partial charge in [-0.3, -0.25) is 0 Å². The van der Waals surface area contributed by atoms with Crippen LogP contribution in [-0.2, 0) is 19.0 Å². The van der Waals surface area contributed by atoms with E-state index in [2.05, 4.69) is 6.92 Å². The summed E-state index contributed by atoms with van der Waals surface area (Å²) in [6.45, 7) is 8.71. The van der Waals surface area contributed by atoms with Gasteiger partial charge in [0.15, 0.2) is 0 Å². The maximum atomic E-state index is 11.7. The van der Waals surface area contributed by atoms with Crippen LogP contribution < -0.4 is 0 Å². The Balaban J connectivity index is 4.08. The second-order valence-electron chi connectivity index (χ2n) is 4.89. The van der Waals surface area contributed by atoms with Crippen molar-refractivity contribution in [1.82, 2.24) is 0 Å². The number of esters is 1. The predicted octanol–water partition coefficient (Wildman–Crippen LogP) is 3.96. The molecule has 5 heteroatoms. The number of carbonyl (C=O) groups is 2. The molecule has 0 aliphatic heterocycles. The number of ether oxygens (including phenoxy) is 3. The van der Waals surface area contributed by atoms with Crippen LogP contribution in [0.25, 0.3) is 0 Å². The SMILES string of the molecule is CCCCCC=C(C)C(=O)OC(C)OC(=O)OC(C)C. The third-order valence-electron chi connectivity index (χ3n) is 2.45. The minimum atomic E-state index is -0.965. The molecule has 1 atom stereocenters. The van der Waals surface area contributed by atoms with Gasteiger partial charge in [0, 0.05) is 12.5 Å². The molecule has 0 heterocycles. The molecule has 0 aromatic heterocycles. The fourth-order valence-corrected chi connectivity index (χ4v) is 1.42. The summed E-state index contributed by atoms with van der Waals surface area (Å²) in [5, 5.41) is 0. The molecule has 0 aliphatic carbocycles. The summed E-state index contributed by atoms with van der Waals surface area (Å²) >= 11 is 0. The number of hydrogen-bond acceptors (Lipinski definition) is 5. The lowest BCUT2D eigenvalue weighted by Crippen LogP contribution is -2.24. The minimum absolute atomic E-state index is 0.273. The lowest BCUT2D eigenvalue weighted by molar-refractivity contribution is -0.163. The molecule has 0 spiro atoms. The van der Waals surface area contributed by atoms with Crippen LogP contribution in [0, 0.1) is 0 Å². The molecule has 0 rings (SSSR count). The van der Waals surface area contributed by atoms with Crippen molar-refractivity contribution in [3.8, 4) is 0 Å². The van der Waals surface area contributed by atoms with E-state index in [0.717, 1.165) is 25.7 Å².